The summed E-state index contributed by atoms with van der Waals surface area (Å²) < 4.78 is 0. The number of aromatic amines is 1. The Kier molecular flexibility index (Phi) is 5.80. The van der Waals surface area contributed by atoms with Crippen molar-refractivity contribution in [2.24, 2.45) is 5.92 Å². The van der Waals surface area contributed by atoms with Crippen molar-refractivity contribution in [3.63, 3.8) is 0 Å². The van der Waals surface area contributed by atoms with Crippen LogP contribution in [-0.2, 0) is 0 Å². The number of rotatable bonds is 4. The maximum atomic E-state index is 12.4. The fourth-order valence-electron chi connectivity index (χ4n) is 1.96. The lowest BCUT2D eigenvalue weighted by atomic mass is 10.1. The van der Waals surface area contributed by atoms with Crippen LogP contribution >= 0.6 is 11.6 Å². The largest absolute Gasteiger partial charge is 0.350 e. The molecule has 1 N–H and O–H groups in total. The van der Waals surface area contributed by atoms with Gasteiger partial charge in [0.1, 0.15) is 5.69 Å². The number of halogens is 1. The molecule has 0 spiro atoms. The second-order valence-corrected chi connectivity index (χ2v) is 5.57. The van der Waals surface area contributed by atoms with E-state index in [0.717, 1.165) is 10.6 Å². The maximum Gasteiger partial charge on any atom is 0.274 e. The van der Waals surface area contributed by atoms with Gasteiger partial charge in [-0.25, -0.2) is 0 Å². The summed E-state index contributed by atoms with van der Waals surface area (Å²) in [7, 11) is 1.65. The quantitative estimate of drug-likeness (QED) is 0.928. The monoisotopic (exact) mass is 305 g/mol. The third-order valence-electron chi connectivity index (χ3n) is 3.28. The average Bonchev–Trinajstić information content (AvgIpc) is 2.89. The number of carbonyl (C=O) groups is 1. The molecule has 0 aromatic carbocycles. The van der Waals surface area contributed by atoms with E-state index >= 15 is 0 Å². The van der Waals surface area contributed by atoms with Crippen LogP contribution in [-0.4, -0.2) is 22.8 Å². The van der Waals surface area contributed by atoms with Crippen molar-refractivity contribution < 1.29 is 4.79 Å². The molecule has 1 rings (SSSR count). The van der Waals surface area contributed by atoms with Crippen molar-refractivity contribution in [2.45, 2.75) is 27.2 Å². The Balaban J connectivity index is 3.08. The minimum Gasteiger partial charge on any atom is -0.350 e. The molecule has 0 aliphatic rings. The first-order chi connectivity index (χ1) is 9.81. The minimum atomic E-state index is -0.197. The van der Waals surface area contributed by atoms with Gasteiger partial charge in [0.2, 0.25) is 0 Å². The van der Waals surface area contributed by atoms with Crippen molar-refractivity contribution in [1.82, 2.24) is 9.88 Å². The molecule has 0 saturated carbocycles. The molecule has 1 atom stereocenters. The van der Waals surface area contributed by atoms with Crippen molar-refractivity contribution in [3.8, 4) is 6.07 Å². The summed E-state index contributed by atoms with van der Waals surface area (Å²) in [5.41, 5.74) is 1.06. The number of nitrogens with one attached hydrogen (secondary N) is 1. The van der Waals surface area contributed by atoms with Crippen molar-refractivity contribution in [3.05, 3.63) is 34.6 Å². The summed E-state index contributed by atoms with van der Waals surface area (Å²) in [6.45, 7) is 9.33. The van der Waals surface area contributed by atoms with Crippen LogP contribution in [0.3, 0.4) is 0 Å². The zero-order valence-electron chi connectivity index (χ0n) is 12.8. The number of nitriles is 1. The number of aromatic nitrogens is 1. The van der Waals surface area contributed by atoms with Crippen LogP contribution in [0.2, 0.25) is 0 Å². The first-order valence-electron chi connectivity index (χ1n) is 6.69. The first kappa shape index (κ1) is 17.1. The fourth-order valence-corrected chi connectivity index (χ4v) is 2.12. The second kappa shape index (κ2) is 7.14. The Morgan fingerprint density at radius 2 is 2.29 bits per heavy atom. The lowest BCUT2D eigenvalue weighted by Gasteiger charge is -2.19. The summed E-state index contributed by atoms with van der Waals surface area (Å²) in [5.74, 6) is -0.373. The van der Waals surface area contributed by atoms with Gasteiger partial charge >= 0.3 is 0 Å². The van der Waals surface area contributed by atoms with E-state index in [4.69, 9.17) is 16.9 Å². The Labute approximate surface area is 130 Å². The standard InChI is InChI=1S/C16H20ClN3O/c1-6-13-8-14(19-15(13)12(4)17)16(21)20(5)11(3)7-10(2)9-18/h6,8,10,19H,3,7H2,1-2,4-5H3/b13-6-,15-12-. The molecule has 1 amide bonds. The number of hydrogen-bond acceptors (Lipinski definition) is 2. The summed E-state index contributed by atoms with van der Waals surface area (Å²) in [5, 5.41) is 11.1. The van der Waals surface area contributed by atoms with E-state index in [1.165, 1.54) is 4.90 Å². The molecule has 0 bridgehead atoms. The first-order valence-corrected chi connectivity index (χ1v) is 7.06. The average molecular weight is 306 g/mol. The van der Waals surface area contributed by atoms with Gasteiger partial charge in [-0.1, -0.05) is 24.3 Å². The number of allylic oxidation sites excluding steroid dienone is 1. The summed E-state index contributed by atoms with van der Waals surface area (Å²) in [6, 6.07) is 3.90. The van der Waals surface area contributed by atoms with Crippen LogP contribution in [0.1, 0.15) is 37.7 Å². The Morgan fingerprint density at radius 1 is 1.67 bits per heavy atom. The molecule has 1 aromatic heterocycles. The molecule has 112 valence electrons. The van der Waals surface area contributed by atoms with Gasteiger partial charge in [0.05, 0.1) is 11.4 Å². The van der Waals surface area contributed by atoms with Gasteiger partial charge in [-0.2, -0.15) is 5.26 Å². The van der Waals surface area contributed by atoms with Gasteiger partial charge in [-0.15, -0.1) is 0 Å². The van der Waals surface area contributed by atoms with Crippen molar-refractivity contribution >= 4 is 28.6 Å². The lowest BCUT2D eigenvalue weighted by molar-refractivity contribution is 0.0826. The molecule has 0 aliphatic carbocycles. The van der Waals surface area contributed by atoms with Crippen molar-refractivity contribution in [2.75, 3.05) is 7.05 Å². The van der Waals surface area contributed by atoms with E-state index in [-0.39, 0.29) is 11.8 Å². The minimum absolute atomic E-state index is 0.176. The van der Waals surface area contributed by atoms with E-state index in [2.05, 4.69) is 17.6 Å². The Bertz CT molecular complexity index is 705. The highest BCUT2D eigenvalue weighted by Crippen LogP contribution is 2.13. The Hall–Kier alpha value is -1.99. The number of carbonyl (C=O) groups excluding carboxylic acids is 1. The van der Waals surface area contributed by atoms with Gasteiger partial charge in [0, 0.05) is 30.1 Å². The molecular formula is C16H20ClN3O. The van der Waals surface area contributed by atoms with Crippen LogP contribution in [0.25, 0.3) is 11.1 Å². The predicted octanol–water partition coefficient (Wildman–Crippen LogP) is 2.32. The zero-order chi connectivity index (χ0) is 16.2. The highest BCUT2D eigenvalue weighted by atomic mass is 35.5. The van der Waals surface area contributed by atoms with E-state index in [1.807, 2.05) is 13.0 Å². The topological polar surface area (TPSA) is 59.9 Å². The number of amides is 1. The van der Waals surface area contributed by atoms with Gasteiger partial charge < -0.3 is 9.88 Å². The molecule has 1 heterocycles. The van der Waals surface area contributed by atoms with Gasteiger partial charge in [0.15, 0.2) is 0 Å². The highest BCUT2D eigenvalue weighted by Gasteiger charge is 2.17. The third-order valence-corrected chi connectivity index (χ3v) is 3.46. The molecule has 0 radical (unpaired) electrons. The number of nitrogens with zero attached hydrogens (tertiary/aromatic N) is 2. The molecule has 21 heavy (non-hydrogen) atoms. The zero-order valence-corrected chi connectivity index (χ0v) is 13.6. The SMILES string of the molecule is C=C(CC(C)C#N)N(C)C(=O)c1cc(=C/C)/c(=C(\C)Cl)[nH]1. The smallest absolute Gasteiger partial charge is 0.274 e. The van der Waals surface area contributed by atoms with Crippen molar-refractivity contribution in [1.29, 1.82) is 5.26 Å². The van der Waals surface area contributed by atoms with Gasteiger partial charge in [0.25, 0.3) is 5.91 Å². The van der Waals surface area contributed by atoms with E-state index in [0.29, 0.717) is 22.8 Å². The molecule has 0 saturated heterocycles. The molecule has 1 aromatic rings. The van der Waals surface area contributed by atoms with Crippen LogP contribution in [0.4, 0.5) is 0 Å². The highest BCUT2D eigenvalue weighted by molar-refractivity contribution is 6.44. The van der Waals surface area contributed by atoms with Crippen LogP contribution < -0.4 is 10.6 Å². The summed E-state index contributed by atoms with van der Waals surface area (Å²) >= 11 is 6.02. The third kappa shape index (κ3) is 3.99. The van der Waals surface area contributed by atoms with Gasteiger partial charge in [-0.05, 0) is 32.1 Å². The fraction of sp³-hybridized carbons (Fsp3) is 0.375. The summed E-state index contributed by atoms with van der Waals surface area (Å²) in [6.07, 6.45) is 2.35. The lowest BCUT2D eigenvalue weighted by Crippen LogP contribution is -2.27. The molecule has 1 unspecified atom stereocenters. The maximum absolute atomic E-state index is 12.4. The predicted molar refractivity (Wildman–Crippen MR) is 85.7 cm³/mol. The van der Waals surface area contributed by atoms with E-state index in [9.17, 15) is 4.79 Å². The summed E-state index contributed by atoms with van der Waals surface area (Å²) in [4.78, 5) is 16.9. The van der Waals surface area contributed by atoms with E-state index in [1.54, 1.807) is 27.0 Å². The Morgan fingerprint density at radius 3 is 2.71 bits per heavy atom. The molecule has 5 heteroatoms. The van der Waals surface area contributed by atoms with Gasteiger partial charge in [-0.3, -0.25) is 4.79 Å². The van der Waals surface area contributed by atoms with Crippen LogP contribution in [0, 0.1) is 17.2 Å². The van der Waals surface area contributed by atoms with Crippen LogP contribution in [0.5, 0.6) is 0 Å². The van der Waals surface area contributed by atoms with E-state index < -0.39 is 0 Å². The molecule has 0 fully saturated rings. The number of hydrogen-bond donors (Lipinski definition) is 1. The second-order valence-electron chi connectivity index (χ2n) is 5.00. The number of H-pyrrole nitrogens is 1. The molecule has 0 aliphatic heterocycles. The molecule has 4 nitrogen and oxygen atoms in total. The normalized spacial score (nSPS) is 14.4. The molecular weight excluding hydrogens is 286 g/mol. The van der Waals surface area contributed by atoms with Crippen LogP contribution in [0.15, 0.2) is 18.3 Å².